The highest BCUT2D eigenvalue weighted by Crippen LogP contribution is 2.32. The second-order valence-electron chi connectivity index (χ2n) is 5.52. The van der Waals surface area contributed by atoms with Gasteiger partial charge >= 0.3 is 0 Å². The van der Waals surface area contributed by atoms with E-state index in [1.807, 2.05) is 6.92 Å². The third-order valence-electron chi connectivity index (χ3n) is 3.65. The first kappa shape index (κ1) is 14.6. The highest BCUT2D eigenvalue weighted by molar-refractivity contribution is 7.89. The zero-order valence-corrected chi connectivity index (χ0v) is 12.7. The molecule has 0 atom stereocenters. The van der Waals surface area contributed by atoms with Crippen molar-refractivity contribution in [2.24, 2.45) is 0 Å². The Labute approximate surface area is 119 Å². The standard InChI is InChI=1S/C13H19ClN2O2S/c1-9-7-10(8-11(15)12(9)14)19(17,18)16-13(2)5-3-4-6-13/h7-8,16H,3-6,15H2,1-2H3. The Balaban J connectivity index is 2.34. The average Bonchev–Trinajstić information content (AvgIpc) is 2.70. The summed E-state index contributed by atoms with van der Waals surface area (Å²) in [6.07, 6.45) is 3.85. The van der Waals surface area contributed by atoms with Crippen LogP contribution in [0.4, 0.5) is 5.69 Å². The molecule has 0 spiro atoms. The third-order valence-corrected chi connectivity index (χ3v) is 5.79. The van der Waals surface area contributed by atoms with Crippen molar-refractivity contribution in [3.05, 3.63) is 22.7 Å². The average molecular weight is 303 g/mol. The molecule has 0 unspecified atom stereocenters. The van der Waals surface area contributed by atoms with Crippen LogP contribution in [0.2, 0.25) is 5.02 Å². The SMILES string of the molecule is Cc1cc(S(=O)(=O)NC2(C)CCCC2)cc(N)c1Cl. The normalized spacial score (nSPS) is 18.7. The first-order chi connectivity index (χ1) is 8.73. The number of halogens is 1. The molecule has 0 radical (unpaired) electrons. The van der Waals surface area contributed by atoms with Crippen LogP contribution in [0.3, 0.4) is 0 Å². The topological polar surface area (TPSA) is 72.2 Å². The first-order valence-corrected chi connectivity index (χ1v) is 8.19. The molecule has 4 nitrogen and oxygen atoms in total. The molecule has 3 N–H and O–H groups in total. The predicted octanol–water partition coefficient (Wildman–Crippen LogP) is 2.84. The van der Waals surface area contributed by atoms with Gasteiger partial charge in [-0.25, -0.2) is 13.1 Å². The van der Waals surface area contributed by atoms with Gasteiger partial charge in [0.25, 0.3) is 0 Å². The van der Waals surface area contributed by atoms with Crippen molar-refractivity contribution >= 4 is 27.3 Å². The summed E-state index contributed by atoms with van der Waals surface area (Å²) in [5.41, 5.74) is 6.34. The summed E-state index contributed by atoms with van der Waals surface area (Å²) in [4.78, 5) is 0.181. The van der Waals surface area contributed by atoms with Crippen molar-refractivity contribution in [3.63, 3.8) is 0 Å². The maximum atomic E-state index is 12.4. The van der Waals surface area contributed by atoms with E-state index in [1.165, 1.54) is 6.07 Å². The molecule has 0 aromatic heterocycles. The Morgan fingerprint density at radius 3 is 2.42 bits per heavy atom. The highest BCUT2D eigenvalue weighted by atomic mass is 35.5. The second-order valence-corrected chi connectivity index (χ2v) is 7.58. The van der Waals surface area contributed by atoms with Gasteiger partial charge in [0, 0.05) is 5.54 Å². The van der Waals surface area contributed by atoms with Crippen molar-refractivity contribution in [2.45, 2.75) is 50.0 Å². The van der Waals surface area contributed by atoms with Gasteiger partial charge in [0.05, 0.1) is 15.6 Å². The third kappa shape index (κ3) is 3.04. The van der Waals surface area contributed by atoms with E-state index in [0.29, 0.717) is 16.3 Å². The fourth-order valence-electron chi connectivity index (χ4n) is 2.56. The van der Waals surface area contributed by atoms with Crippen LogP contribution in [-0.4, -0.2) is 14.0 Å². The zero-order valence-electron chi connectivity index (χ0n) is 11.2. The number of nitrogens with two attached hydrogens (primary N) is 1. The summed E-state index contributed by atoms with van der Waals surface area (Å²) in [7, 11) is -3.55. The smallest absolute Gasteiger partial charge is 0.241 e. The van der Waals surface area contributed by atoms with Crippen LogP contribution in [0, 0.1) is 6.92 Å². The predicted molar refractivity (Wildman–Crippen MR) is 77.8 cm³/mol. The molecular weight excluding hydrogens is 284 g/mol. The molecule has 2 rings (SSSR count). The summed E-state index contributed by atoms with van der Waals surface area (Å²) < 4.78 is 27.6. The lowest BCUT2D eigenvalue weighted by atomic mass is 10.0. The number of sulfonamides is 1. The monoisotopic (exact) mass is 302 g/mol. The van der Waals surface area contributed by atoms with Crippen LogP contribution in [-0.2, 0) is 10.0 Å². The van der Waals surface area contributed by atoms with Crippen molar-refractivity contribution in [3.8, 4) is 0 Å². The Bertz CT molecular complexity index is 570. The van der Waals surface area contributed by atoms with Gasteiger partial charge in [-0.1, -0.05) is 24.4 Å². The Kier molecular flexibility index (Phi) is 3.82. The lowest BCUT2D eigenvalue weighted by Gasteiger charge is -2.25. The number of anilines is 1. The highest BCUT2D eigenvalue weighted by Gasteiger charge is 2.33. The van der Waals surface area contributed by atoms with E-state index in [9.17, 15) is 8.42 Å². The molecule has 19 heavy (non-hydrogen) atoms. The molecule has 0 saturated heterocycles. The molecule has 0 amide bonds. The fourth-order valence-corrected chi connectivity index (χ4v) is 4.25. The lowest BCUT2D eigenvalue weighted by molar-refractivity contribution is 0.427. The van der Waals surface area contributed by atoms with E-state index in [1.54, 1.807) is 13.0 Å². The summed E-state index contributed by atoms with van der Waals surface area (Å²) in [6.45, 7) is 3.69. The first-order valence-electron chi connectivity index (χ1n) is 6.33. The van der Waals surface area contributed by atoms with Gasteiger partial charge in [-0.3, -0.25) is 0 Å². The number of benzene rings is 1. The number of rotatable bonds is 3. The Hall–Kier alpha value is -0.780. The van der Waals surface area contributed by atoms with Crippen LogP contribution in [0.15, 0.2) is 17.0 Å². The van der Waals surface area contributed by atoms with Gasteiger partial charge in [0.1, 0.15) is 0 Å². The van der Waals surface area contributed by atoms with E-state index in [0.717, 1.165) is 25.7 Å². The van der Waals surface area contributed by atoms with Gasteiger partial charge < -0.3 is 5.73 Å². The minimum absolute atomic E-state index is 0.181. The molecule has 1 aliphatic carbocycles. The number of hydrogen-bond acceptors (Lipinski definition) is 3. The maximum Gasteiger partial charge on any atom is 0.241 e. The Morgan fingerprint density at radius 2 is 1.89 bits per heavy atom. The molecule has 1 saturated carbocycles. The second kappa shape index (κ2) is 4.96. The van der Waals surface area contributed by atoms with Crippen LogP contribution in [0.5, 0.6) is 0 Å². The van der Waals surface area contributed by atoms with Gasteiger partial charge in [0.2, 0.25) is 10.0 Å². The summed E-state index contributed by atoms with van der Waals surface area (Å²) in [6, 6.07) is 2.97. The quantitative estimate of drug-likeness (QED) is 0.843. The molecule has 1 aliphatic rings. The van der Waals surface area contributed by atoms with E-state index >= 15 is 0 Å². The molecule has 0 heterocycles. The molecule has 1 fully saturated rings. The van der Waals surface area contributed by atoms with Gasteiger partial charge in [-0.15, -0.1) is 0 Å². The molecule has 6 heteroatoms. The number of nitrogen functional groups attached to an aromatic ring is 1. The number of hydrogen-bond donors (Lipinski definition) is 2. The molecule has 1 aromatic carbocycles. The molecule has 1 aromatic rings. The van der Waals surface area contributed by atoms with Crippen molar-refractivity contribution in [1.82, 2.24) is 4.72 Å². The fraction of sp³-hybridized carbons (Fsp3) is 0.538. The van der Waals surface area contributed by atoms with E-state index in [-0.39, 0.29) is 10.4 Å². The maximum absolute atomic E-state index is 12.4. The van der Waals surface area contributed by atoms with Crippen molar-refractivity contribution < 1.29 is 8.42 Å². The summed E-state index contributed by atoms with van der Waals surface area (Å²) in [5, 5.41) is 0.408. The van der Waals surface area contributed by atoms with Gasteiger partial charge in [-0.2, -0.15) is 0 Å². The number of nitrogens with one attached hydrogen (secondary N) is 1. The largest absolute Gasteiger partial charge is 0.397 e. The minimum Gasteiger partial charge on any atom is -0.397 e. The molecule has 0 bridgehead atoms. The lowest BCUT2D eigenvalue weighted by Crippen LogP contribution is -2.43. The van der Waals surface area contributed by atoms with Crippen LogP contribution in [0.25, 0.3) is 0 Å². The van der Waals surface area contributed by atoms with Crippen LogP contribution < -0.4 is 10.5 Å². The van der Waals surface area contributed by atoms with E-state index in [4.69, 9.17) is 17.3 Å². The van der Waals surface area contributed by atoms with Gasteiger partial charge in [0.15, 0.2) is 0 Å². The van der Waals surface area contributed by atoms with E-state index in [2.05, 4.69) is 4.72 Å². The molecule has 106 valence electrons. The van der Waals surface area contributed by atoms with Crippen molar-refractivity contribution in [2.75, 3.05) is 5.73 Å². The van der Waals surface area contributed by atoms with Gasteiger partial charge in [-0.05, 0) is 44.4 Å². The molecular formula is C13H19ClN2O2S. The number of aryl methyl sites for hydroxylation is 1. The zero-order chi connectivity index (χ0) is 14.3. The molecule has 0 aliphatic heterocycles. The summed E-state index contributed by atoms with van der Waals surface area (Å²) >= 11 is 5.96. The van der Waals surface area contributed by atoms with Crippen LogP contribution >= 0.6 is 11.6 Å². The minimum atomic E-state index is -3.55. The summed E-state index contributed by atoms with van der Waals surface area (Å²) in [5.74, 6) is 0. The van der Waals surface area contributed by atoms with E-state index < -0.39 is 10.0 Å². The Morgan fingerprint density at radius 1 is 1.32 bits per heavy atom. The van der Waals surface area contributed by atoms with Crippen LogP contribution in [0.1, 0.15) is 38.2 Å². The van der Waals surface area contributed by atoms with Crippen molar-refractivity contribution in [1.29, 1.82) is 0 Å².